The summed E-state index contributed by atoms with van der Waals surface area (Å²) in [6.07, 6.45) is 5.20. The van der Waals surface area contributed by atoms with Crippen LogP contribution in [0.25, 0.3) is 0 Å². The normalized spacial score (nSPS) is 13.1. The third kappa shape index (κ3) is 6.90. The number of nitriles is 2. The molecular formula is C25H30N6O2S. The van der Waals surface area contributed by atoms with Crippen LogP contribution >= 0.6 is 11.3 Å². The fraction of sp³-hybridized carbons (Fsp3) is 0.400. The molecule has 2 amide bonds. The Bertz CT molecular complexity index is 1080. The van der Waals surface area contributed by atoms with Crippen molar-refractivity contribution >= 4 is 35.2 Å². The van der Waals surface area contributed by atoms with E-state index in [0.717, 1.165) is 31.5 Å². The van der Waals surface area contributed by atoms with Gasteiger partial charge in [-0.05, 0) is 44.7 Å². The first kappa shape index (κ1) is 26.6. The zero-order valence-electron chi connectivity index (χ0n) is 19.8. The molecule has 1 N–H and O–H groups in total. The van der Waals surface area contributed by atoms with Gasteiger partial charge in [-0.2, -0.15) is 5.26 Å². The molecular weight excluding hydrogens is 448 g/mol. The molecule has 0 saturated carbocycles. The van der Waals surface area contributed by atoms with Gasteiger partial charge < -0.3 is 15.1 Å². The minimum atomic E-state index is -0.237. The van der Waals surface area contributed by atoms with Crippen molar-refractivity contribution in [3.05, 3.63) is 51.2 Å². The molecule has 0 atom stereocenters. The molecule has 1 aliphatic heterocycles. The molecule has 3 rings (SSSR count). The predicted octanol–water partition coefficient (Wildman–Crippen LogP) is 4.32. The fourth-order valence-corrected chi connectivity index (χ4v) is 4.56. The average Bonchev–Trinajstić information content (AvgIpc) is 3.28. The molecule has 34 heavy (non-hydrogen) atoms. The summed E-state index contributed by atoms with van der Waals surface area (Å²) in [6, 6.07) is 9.37. The van der Waals surface area contributed by atoms with Crippen LogP contribution in [-0.4, -0.2) is 54.1 Å². The van der Waals surface area contributed by atoms with Gasteiger partial charge in [0.15, 0.2) is 0 Å². The van der Waals surface area contributed by atoms with Crippen LogP contribution in [0.1, 0.15) is 64.3 Å². The zero-order chi connectivity index (χ0) is 25.1. The fourth-order valence-electron chi connectivity index (χ4n) is 3.57. The number of benzene rings is 1. The summed E-state index contributed by atoms with van der Waals surface area (Å²) in [6.45, 7) is 9.44. The Kier molecular flexibility index (Phi) is 10.3. The number of likely N-dealkylation sites (tertiary alicyclic amines) is 1. The van der Waals surface area contributed by atoms with Gasteiger partial charge in [0, 0.05) is 44.7 Å². The molecule has 178 valence electrons. The molecule has 2 heterocycles. The number of hydrogen-bond donors (Lipinski definition) is 1. The van der Waals surface area contributed by atoms with Crippen LogP contribution < -0.4 is 5.32 Å². The van der Waals surface area contributed by atoms with Crippen molar-refractivity contribution in [2.45, 2.75) is 45.7 Å². The summed E-state index contributed by atoms with van der Waals surface area (Å²) in [5, 5.41) is 20.4. The largest absolute Gasteiger partial charge is 0.363 e. The van der Waals surface area contributed by atoms with Crippen LogP contribution in [0.2, 0.25) is 0 Å². The quantitative estimate of drug-likeness (QED) is 0.470. The molecule has 2 aromatic rings. The molecule has 1 aromatic carbocycles. The second-order valence-corrected chi connectivity index (χ2v) is 9.11. The van der Waals surface area contributed by atoms with E-state index in [0.29, 0.717) is 28.2 Å². The van der Waals surface area contributed by atoms with Gasteiger partial charge in [-0.25, -0.2) is 10.3 Å². The van der Waals surface area contributed by atoms with Crippen molar-refractivity contribution in [2.24, 2.45) is 4.99 Å². The van der Waals surface area contributed by atoms with Crippen molar-refractivity contribution in [3.63, 3.8) is 0 Å². The lowest BCUT2D eigenvalue weighted by Gasteiger charge is -2.24. The van der Waals surface area contributed by atoms with E-state index in [1.54, 1.807) is 35.8 Å². The molecule has 1 fully saturated rings. The summed E-state index contributed by atoms with van der Waals surface area (Å²) < 4.78 is 0. The first-order valence-corrected chi connectivity index (χ1v) is 12.0. The molecule has 0 bridgehead atoms. The molecule has 0 radical (unpaired) electrons. The monoisotopic (exact) mass is 478 g/mol. The van der Waals surface area contributed by atoms with Gasteiger partial charge in [0.05, 0.1) is 23.5 Å². The van der Waals surface area contributed by atoms with Gasteiger partial charge in [-0.1, -0.05) is 18.2 Å². The van der Waals surface area contributed by atoms with E-state index in [2.05, 4.69) is 27.9 Å². The smallest absolute Gasteiger partial charge is 0.266 e. The number of aliphatic imine (C=N–C) groups is 1. The highest BCUT2D eigenvalue weighted by Crippen LogP contribution is 2.32. The minimum Gasteiger partial charge on any atom is -0.363 e. The van der Waals surface area contributed by atoms with Crippen molar-refractivity contribution in [3.8, 4) is 12.6 Å². The number of carbonyl (C=O) groups is 2. The van der Waals surface area contributed by atoms with Crippen molar-refractivity contribution in [2.75, 3.05) is 20.1 Å². The van der Waals surface area contributed by atoms with Crippen LogP contribution in [0.4, 0.5) is 5.69 Å². The highest BCUT2D eigenvalue weighted by atomic mass is 32.1. The summed E-state index contributed by atoms with van der Waals surface area (Å²) in [4.78, 5) is 34.8. The Labute approximate surface area is 205 Å². The van der Waals surface area contributed by atoms with Gasteiger partial charge in [-0.3, -0.25) is 9.59 Å². The molecule has 9 heteroatoms. The maximum atomic E-state index is 13.3. The Hall–Kier alpha value is -3.69. The third-order valence-corrected chi connectivity index (χ3v) is 6.21. The first-order chi connectivity index (χ1) is 16.4. The second-order valence-electron chi connectivity index (χ2n) is 8.23. The number of thiophene rings is 1. The second kappa shape index (κ2) is 13.1. The molecule has 0 aliphatic carbocycles. The number of carbonyl (C=O) groups excluding carboxylic acids is 2. The number of amides is 2. The highest BCUT2D eigenvalue weighted by Gasteiger charge is 2.25. The van der Waals surface area contributed by atoms with Crippen molar-refractivity contribution in [1.82, 2.24) is 15.1 Å². The Morgan fingerprint density at radius 3 is 2.59 bits per heavy atom. The highest BCUT2D eigenvalue weighted by molar-refractivity contribution is 7.13. The SMILES string of the molecule is C#N.CC(C)NC(=O)c1csc(C(=O)N(C)Cc2ccccc2C#N)c1N=CN1CCCCC1. The van der Waals surface area contributed by atoms with Gasteiger partial charge in [0.1, 0.15) is 10.6 Å². The van der Waals surface area contributed by atoms with Gasteiger partial charge in [-0.15, -0.1) is 11.3 Å². The van der Waals surface area contributed by atoms with E-state index in [1.165, 1.54) is 17.8 Å². The summed E-state index contributed by atoms with van der Waals surface area (Å²) >= 11 is 1.23. The summed E-state index contributed by atoms with van der Waals surface area (Å²) in [5.41, 5.74) is 2.13. The van der Waals surface area contributed by atoms with E-state index in [-0.39, 0.29) is 17.9 Å². The Balaban J connectivity index is 0.00000199. The predicted molar refractivity (Wildman–Crippen MR) is 134 cm³/mol. The topological polar surface area (TPSA) is 113 Å². The van der Waals surface area contributed by atoms with Gasteiger partial charge in [0.25, 0.3) is 11.8 Å². The summed E-state index contributed by atoms with van der Waals surface area (Å²) in [5.74, 6) is -0.462. The van der Waals surface area contributed by atoms with E-state index in [1.807, 2.05) is 26.0 Å². The average molecular weight is 479 g/mol. The molecule has 8 nitrogen and oxygen atoms in total. The standard InChI is InChI=1S/C24H29N5O2S.CHN/c1-17(2)27-23(30)20-15-32-22(21(20)26-16-29-11-7-4-8-12-29)24(31)28(3)14-19-10-6-5-9-18(19)13-25;1-2/h5-6,9-10,15-17H,4,7-8,11-12,14H2,1-3H3,(H,27,30);1H. The lowest BCUT2D eigenvalue weighted by molar-refractivity contribution is 0.0790. The maximum Gasteiger partial charge on any atom is 0.266 e. The first-order valence-electron chi connectivity index (χ1n) is 11.1. The van der Waals surface area contributed by atoms with E-state index in [9.17, 15) is 14.9 Å². The minimum absolute atomic E-state index is 0.0226. The van der Waals surface area contributed by atoms with Crippen LogP contribution in [0, 0.1) is 23.2 Å². The van der Waals surface area contributed by atoms with Crippen LogP contribution in [0.3, 0.4) is 0 Å². The molecule has 1 aromatic heterocycles. The van der Waals surface area contributed by atoms with Crippen molar-refractivity contribution in [1.29, 1.82) is 10.5 Å². The number of hydrogen-bond acceptors (Lipinski definition) is 6. The van der Waals surface area contributed by atoms with Crippen LogP contribution in [0.5, 0.6) is 0 Å². The molecule has 1 saturated heterocycles. The number of rotatable bonds is 7. The maximum absolute atomic E-state index is 13.3. The van der Waals surface area contributed by atoms with Crippen LogP contribution in [-0.2, 0) is 6.54 Å². The van der Waals surface area contributed by atoms with Crippen molar-refractivity contribution < 1.29 is 9.59 Å². The van der Waals surface area contributed by atoms with Gasteiger partial charge >= 0.3 is 0 Å². The third-order valence-electron chi connectivity index (χ3n) is 5.26. The molecule has 0 unspecified atom stereocenters. The Morgan fingerprint density at radius 2 is 1.94 bits per heavy atom. The van der Waals surface area contributed by atoms with E-state index >= 15 is 0 Å². The zero-order valence-corrected chi connectivity index (χ0v) is 20.6. The number of piperidine rings is 1. The molecule has 0 spiro atoms. The number of nitrogens with one attached hydrogen (secondary N) is 1. The number of nitrogens with zero attached hydrogens (tertiary/aromatic N) is 5. The van der Waals surface area contributed by atoms with Crippen LogP contribution in [0.15, 0.2) is 34.6 Å². The Morgan fingerprint density at radius 1 is 1.26 bits per heavy atom. The lowest BCUT2D eigenvalue weighted by atomic mass is 10.1. The summed E-state index contributed by atoms with van der Waals surface area (Å²) in [7, 11) is 1.70. The molecule has 1 aliphatic rings. The lowest BCUT2D eigenvalue weighted by Crippen LogP contribution is -2.30. The van der Waals surface area contributed by atoms with Gasteiger partial charge in [0.2, 0.25) is 0 Å². The van der Waals surface area contributed by atoms with E-state index < -0.39 is 0 Å². The van der Waals surface area contributed by atoms with E-state index in [4.69, 9.17) is 5.26 Å².